The van der Waals surface area contributed by atoms with Gasteiger partial charge < -0.3 is 9.30 Å². The quantitative estimate of drug-likeness (QED) is 0.259. The Labute approximate surface area is 229 Å². The smallest absolute Gasteiger partial charge is 0.279 e. The number of hydrogen-bond acceptors (Lipinski definition) is 5. The van der Waals surface area contributed by atoms with Gasteiger partial charge in [-0.05, 0) is 42.0 Å². The van der Waals surface area contributed by atoms with E-state index in [0.29, 0.717) is 34.5 Å². The van der Waals surface area contributed by atoms with E-state index in [9.17, 15) is 13.2 Å². The van der Waals surface area contributed by atoms with Gasteiger partial charge in [0.05, 0.1) is 26.7 Å². The molecule has 0 saturated heterocycles. The number of hydrogen-bond donors (Lipinski definition) is 0. The van der Waals surface area contributed by atoms with E-state index in [1.54, 1.807) is 26.2 Å². The van der Waals surface area contributed by atoms with Crippen molar-refractivity contribution in [1.82, 2.24) is 8.87 Å². The Morgan fingerprint density at radius 1 is 1.08 bits per heavy atom. The van der Waals surface area contributed by atoms with Gasteiger partial charge in [-0.1, -0.05) is 71.8 Å². The highest BCUT2D eigenvalue weighted by Crippen LogP contribution is 2.30. The van der Waals surface area contributed by atoms with Crippen LogP contribution in [0.15, 0.2) is 76.6 Å². The maximum Gasteiger partial charge on any atom is 0.279 e. The van der Waals surface area contributed by atoms with Crippen molar-refractivity contribution in [2.45, 2.75) is 24.9 Å². The summed E-state index contributed by atoms with van der Waals surface area (Å²) in [5.41, 5.74) is 1.88. The van der Waals surface area contributed by atoms with Crippen LogP contribution in [0.5, 0.6) is 0 Å². The molecule has 7 nitrogen and oxygen atoms in total. The van der Waals surface area contributed by atoms with Crippen molar-refractivity contribution in [3.8, 4) is 0 Å². The van der Waals surface area contributed by atoms with Crippen LogP contribution in [0, 0.1) is 0 Å². The molecule has 1 amide bonds. The second kappa shape index (κ2) is 11.9. The monoisotopic (exact) mass is 577 g/mol. The first-order valence-corrected chi connectivity index (χ1v) is 14.5. The van der Waals surface area contributed by atoms with Gasteiger partial charge in [-0.2, -0.15) is 9.30 Å². The number of fused-ring (bicyclic) bond motifs is 1. The fourth-order valence-corrected chi connectivity index (χ4v) is 7.10. The number of ether oxygens (including phenoxy) is 1. The van der Waals surface area contributed by atoms with Gasteiger partial charge in [0.1, 0.15) is 0 Å². The number of aromatic nitrogens is 1. The van der Waals surface area contributed by atoms with E-state index in [0.717, 1.165) is 15.8 Å². The average Bonchev–Trinajstić information content (AvgIpc) is 3.23. The fraction of sp³-hybridized carbons (Fsp3) is 0.231. The molecule has 0 atom stereocenters. The maximum atomic E-state index is 13.2. The molecule has 1 heterocycles. The first-order chi connectivity index (χ1) is 17.7. The van der Waals surface area contributed by atoms with Crippen LogP contribution in [0.2, 0.25) is 10.0 Å². The van der Waals surface area contributed by atoms with Crippen LogP contribution in [0.4, 0.5) is 0 Å². The minimum atomic E-state index is -3.75. The molecule has 1 aromatic heterocycles. The molecular weight excluding hydrogens is 553 g/mol. The van der Waals surface area contributed by atoms with Crippen molar-refractivity contribution in [3.05, 3.63) is 92.7 Å². The molecule has 0 bridgehead atoms. The molecule has 0 N–H and O–H groups in total. The summed E-state index contributed by atoms with van der Waals surface area (Å²) in [6, 6.07) is 18.6. The molecular formula is C26H25Cl2N3O4S2. The minimum Gasteiger partial charge on any atom is -0.383 e. The molecule has 37 heavy (non-hydrogen) atoms. The lowest BCUT2D eigenvalue weighted by atomic mass is 10.2. The van der Waals surface area contributed by atoms with Crippen molar-refractivity contribution >= 4 is 60.7 Å². The van der Waals surface area contributed by atoms with Crippen molar-refractivity contribution in [2.75, 3.05) is 20.3 Å². The number of halogens is 2. The van der Waals surface area contributed by atoms with Crippen molar-refractivity contribution in [2.24, 2.45) is 4.99 Å². The normalized spacial score (nSPS) is 12.5. The third-order valence-corrected chi connectivity index (χ3v) is 9.17. The first-order valence-electron chi connectivity index (χ1n) is 11.4. The minimum absolute atomic E-state index is 0.111. The Kier molecular flexibility index (Phi) is 8.84. The second-order valence-corrected chi connectivity index (χ2v) is 11.9. The lowest BCUT2D eigenvalue weighted by Crippen LogP contribution is -2.30. The highest BCUT2D eigenvalue weighted by Gasteiger charge is 2.23. The maximum absolute atomic E-state index is 13.2. The number of thiazole rings is 1. The van der Waals surface area contributed by atoms with Crippen LogP contribution < -0.4 is 4.80 Å². The summed E-state index contributed by atoms with van der Waals surface area (Å²) < 4.78 is 35.7. The Balaban J connectivity index is 1.64. The zero-order chi connectivity index (χ0) is 26.6. The number of rotatable bonds is 9. The third-order valence-electron chi connectivity index (χ3n) is 5.70. The Hall–Kier alpha value is -2.53. The highest BCUT2D eigenvalue weighted by molar-refractivity contribution is 7.89. The number of sulfonamides is 1. The van der Waals surface area contributed by atoms with E-state index in [4.69, 9.17) is 27.9 Å². The molecule has 0 aliphatic rings. The zero-order valence-electron chi connectivity index (χ0n) is 20.2. The van der Waals surface area contributed by atoms with E-state index in [1.807, 2.05) is 34.9 Å². The van der Waals surface area contributed by atoms with Crippen LogP contribution in [0.25, 0.3) is 10.2 Å². The SMILES string of the molecule is CCN(Cc1ccccc1)S(=O)(=O)c1ccc(C(=O)N=c2sc3cc(Cl)cc(Cl)c3n2CCOC)cc1. The predicted octanol–water partition coefficient (Wildman–Crippen LogP) is 5.61. The molecule has 3 aromatic carbocycles. The van der Waals surface area contributed by atoms with E-state index >= 15 is 0 Å². The van der Waals surface area contributed by atoms with Crippen LogP contribution in [0.1, 0.15) is 22.8 Å². The number of amides is 1. The largest absolute Gasteiger partial charge is 0.383 e. The molecule has 0 radical (unpaired) electrons. The van der Waals surface area contributed by atoms with E-state index in [-0.39, 0.29) is 17.0 Å². The van der Waals surface area contributed by atoms with Crippen LogP contribution >= 0.6 is 34.5 Å². The summed E-state index contributed by atoms with van der Waals surface area (Å²) in [6.45, 7) is 3.20. The van der Waals surface area contributed by atoms with Gasteiger partial charge >= 0.3 is 0 Å². The van der Waals surface area contributed by atoms with E-state index in [1.165, 1.54) is 39.9 Å². The topological polar surface area (TPSA) is 81.0 Å². The van der Waals surface area contributed by atoms with Crippen molar-refractivity contribution in [1.29, 1.82) is 0 Å². The Morgan fingerprint density at radius 2 is 1.78 bits per heavy atom. The molecule has 0 aliphatic carbocycles. The third kappa shape index (κ3) is 6.14. The van der Waals surface area contributed by atoms with Gasteiger partial charge in [0, 0.05) is 37.3 Å². The predicted molar refractivity (Wildman–Crippen MR) is 148 cm³/mol. The van der Waals surface area contributed by atoms with E-state index < -0.39 is 15.9 Å². The summed E-state index contributed by atoms with van der Waals surface area (Å²) in [7, 11) is -2.16. The van der Waals surface area contributed by atoms with Crippen LogP contribution in [0.3, 0.4) is 0 Å². The number of benzene rings is 3. The van der Waals surface area contributed by atoms with Crippen LogP contribution in [-0.2, 0) is 27.8 Å². The van der Waals surface area contributed by atoms with Gasteiger partial charge in [-0.3, -0.25) is 4.79 Å². The number of nitrogens with zero attached hydrogens (tertiary/aromatic N) is 3. The van der Waals surface area contributed by atoms with Crippen LogP contribution in [-0.4, -0.2) is 43.5 Å². The Morgan fingerprint density at radius 3 is 2.43 bits per heavy atom. The highest BCUT2D eigenvalue weighted by atomic mass is 35.5. The van der Waals surface area contributed by atoms with Gasteiger partial charge in [0.25, 0.3) is 5.91 Å². The summed E-state index contributed by atoms with van der Waals surface area (Å²) in [4.78, 5) is 17.9. The number of methoxy groups -OCH3 is 1. The summed E-state index contributed by atoms with van der Waals surface area (Å²) >= 11 is 13.9. The van der Waals surface area contributed by atoms with Gasteiger partial charge in [0.2, 0.25) is 10.0 Å². The standard InChI is InChI=1S/C26H25Cl2N3O4S2/c1-3-30(17-18-7-5-4-6-8-18)37(33,34)21-11-9-19(10-12-21)25(32)29-26-31(13-14-35-2)24-22(28)15-20(27)16-23(24)36-26/h4-12,15-16H,3,13-14,17H2,1-2H3. The fourth-order valence-electron chi connectivity index (χ4n) is 3.83. The summed E-state index contributed by atoms with van der Waals surface area (Å²) in [6.07, 6.45) is 0. The number of carbonyl (C=O) groups is 1. The molecule has 0 fully saturated rings. The van der Waals surface area contributed by atoms with Crippen molar-refractivity contribution < 1.29 is 17.9 Å². The molecule has 0 unspecified atom stereocenters. The van der Waals surface area contributed by atoms with Gasteiger partial charge in [0.15, 0.2) is 4.80 Å². The molecule has 4 rings (SSSR count). The lowest BCUT2D eigenvalue weighted by molar-refractivity contribution is 0.0997. The molecule has 0 saturated carbocycles. The molecule has 11 heteroatoms. The lowest BCUT2D eigenvalue weighted by Gasteiger charge is -2.20. The van der Waals surface area contributed by atoms with Gasteiger partial charge in [-0.25, -0.2) is 8.42 Å². The molecule has 194 valence electrons. The number of carbonyl (C=O) groups excluding carboxylic acids is 1. The second-order valence-electron chi connectivity index (χ2n) is 8.12. The average molecular weight is 579 g/mol. The van der Waals surface area contributed by atoms with Crippen molar-refractivity contribution in [3.63, 3.8) is 0 Å². The summed E-state index contributed by atoms with van der Waals surface area (Å²) in [5, 5.41) is 0.940. The molecule has 0 spiro atoms. The summed E-state index contributed by atoms with van der Waals surface area (Å²) in [5.74, 6) is -0.500. The van der Waals surface area contributed by atoms with E-state index in [2.05, 4.69) is 4.99 Å². The zero-order valence-corrected chi connectivity index (χ0v) is 23.4. The molecule has 4 aromatic rings. The first kappa shape index (κ1) is 27.5. The Bertz CT molecular complexity index is 1580. The van der Waals surface area contributed by atoms with Gasteiger partial charge in [-0.15, -0.1) is 0 Å². The molecule has 0 aliphatic heterocycles.